The van der Waals surface area contributed by atoms with Crippen LogP contribution in [0.1, 0.15) is 0 Å². The van der Waals surface area contributed by atoms with Gasteiger partial charge in [0.2, 0.25) is 11.6 Å². The predicted octanol–water partition coefficient (Wildman–Crippen LogP) is 9.87. The molecular formula is C44H25N7Pt. The van der Waals surface area contributed by atoms with Crippen molar-refractivity contribution in [3.8, 4) is 17.1 Å². The van der Waals surface area contributed by atoms with Crippen molar-refractivity contribution in [2.24, 2.45) is 0 Å². The van der Waals surface area contributed by atoms with Gasteiger partial charge < -0.3 is 13.7 Å². The first-order valence-corrected chi connectivity index (χ1v) is 17.0. The molecule has 12 aromatic rings. The molecule has 7 aromatic carbocycles. The summed E-state index contributed by atoms with van der Waals surface area (Å²) >= 11 is 0. The van der Waals surface area contributed by atoms with Crippen LogP contribution >= 0.6 is 0 Å². The second-order valence-corrected chi connectivity index (χ2v) is 13.0. The third-order valence-electron chi connectivity index (χ3n) is 10.3. The molecule has 246 valence electrons. The average Bonchev–Trinajstić information content (AvgIpc) is 3.97. The molecule has 7 nitrogen and oxygen atoms in total. The molecule has 0 radical (unpaired) electrons. The fourth-order valence-electron chi connectivity index (χ4n) is 8.15. The zero-order valence-electron chi connectivity index (χ0n) is 27.4. The van der Waals surface area contributed by atoms with Gasteiger partial charge in [0, 0.05) is 5.52 Å². The molecule has 0 saturated carbocycles. The van der Waals surface area contributed by atoms with E-state index in [-0.39, 0.29) is 21.1 Å². The molecule has 0 saturated heterocycles. The maximum absolute atomic E-state index is 5.12. The molecule has 0 aliphatic carbocycles. The minimum absolute atomic E-state index is 0. The Morgan fingerprint density at radius 2 is 0.808 bits per heavy atom. The summed E-state index contributed by atoms with van der Waals surface area (Å²) in [5.41, 5.74) is 13.3. The van der Waals surface area contributed by atoms with E-state index in [9.17, 15) is 0 Å². The molecule has 0 aliphatic rings. The quantitative estimate of drug-likeness (QED) is 0.166. The number of hydrogen-bond donors (Lipinski definition) is 0. The summed E-state index contributed by atoms with van der Waals surface area (Å²) in [6.07, 6.45) is 0. The Kier molecular flexibility index (Phi) is 6.08. The average molecular weight is 847 g/mol. The van der Waals surface area contributed by atoms with Crippen LogP contribution in [0.25, 0.3) is 94.6 Å². The first-order valence-electron chi connectivity index (χ1n) is 17.0. The zero-order chi connectivity index (χ0) is 33.2. The molecule has 12 rings (SSSR count). The zero-order valence-corrected chi connectivity index (χ0v) is 29.7. The van der Waals surface area contributed by atoms with Crippen molar-refractivity contribution < 1.29 is 21.1 Å². The van der Waals surface area contributed by atoms with Crippen molar-refractivity contribution >= 4 is 77.5 Å². The second kappa shape index (κ2) is 10.8. The molecule has 8 heteroatoms. The smallest absolute Gasteiger partial charge is 0.358 e. The topological polar surface area (TPSA) is 49.4 Å². The summed E-state index contributed by atoms with van der Waals surface area (Å²) in [4.78, 5) is 10.2. The van der Waals surface area contributed by atoms with Gasteiger partial charge in [0.05, 0.1) is 44.1 Å². The summed E-state index contributed by atoms with van der Waals surface area (Å²) in [5.74, 6) is 1.72. The number of benzene rings is 7. The second-order valence-electron chi connectivity index (χ2n) is 13.0. The normalized spacial score (nSPS) is 12.1. The summed E-state index contributed by atoms with van der Waals surface area (Å²) < 4.78 is 11.2. The van der Waals surface area contributed by atoms with Crippen LogP contribution in [0.2, 0.25) is 0 Å². The molecule has 0 fully saturated rings. The maximum atomic E-state index is 5.12. The van der Waals surface area contributed by atoms with E-state index in [1.165, 1.54) is 0 Å². The Morgan fingerprint density at radius 1 is 0.346 bits per heavy atom. The van der Waals surface area contributed by atoms with E-state index < -0.39 is 0 Å². The van der Waals surface area contributed by atoms with Crippen LogP contribution in [0.5, 0.6) is 0 Å². The van der Waals surface area contributed by atoms with Gasteiger partial charge in [0.15, 0.2) is 0 Å². The van der Waals surface area contributed by atoms with E-state index in [4.69, 9.17) is 9.97 Å². The molecule has 0 bridgehead atoms. The Bertz CT molecular complexity index is 3390. The molecule has 5 aromatic heterocycles. The summed E-state index contributed by atoms with van der Waals surface area (Å²) in [6.45, 7) is 0. The van der Waals surface area contributed by atoms with Gasteiger partial charge in [0.1, 0.15) is 0 Å². The fourth-order valence-corrected chi connectivity index (χ4v) is 8.15. The van der Waals surface area contributed by atoms with Crippen molar-refractivity contribution in [2.45, 2.75) is 0 Å². The number of nitrogens with zero attached hydrogens (tertiary/aromatic N) is 7. The van der Waals surface area contributed by atoms with Crippen molar-refractivity contribution in [1.29, 1.82) is 0 Å². The molecule has 0 amide bonds. The summed E-state index contributed by atoms with van der Waals surface area (Å²) in [6, 6.07) is 60.6. The van der Waals surface area contributed by atoms with Gasteiger partial charge >= 0.3 is 21.1 Å². The molecule has 5 heterocycles. The van der Waals surface area contributed by atoms with Gasteiger partial charge in [-0.25, -0.2) is 9.97 Å². The largest absolute Gasteiger partial charge is 2.00 e. The Morgan fingerprint density at radius 3 is 1.40 bits per heavy atom. The first-order chi connectivity index (χ1) is 25.3. The van der Waals surface area contributed by atoms with E-state index >= 15 is 0 Å². The monoisotopic (exact) mass is 846 g/mol. The van der Waals surface area contributed by atoms with Crippen LogP contribution in [0.3, 0.4) is 0 Å². The minimum Gasteiger partial charge on any atom is -0.358 e. The molecule has 0 aliphatic heterocycles. The van der Waals surface area contributed by atoms with E-state index in [1.54, 1.807) is 0 Å². The van der Waals surface area contributed by atoms with Gasteiger partial charge in [-0.1, -0.05) is 89.3 Å². The van der Waals surface area contributed by atoms with E-state index in [0.717, 1.165) is 94.6 Å². The third kappa shape index (κ3) is 3.83. The van der Waals surface area contributed by atoms with Crippen molar-refractivity contribution in [3.63, 3.8) is 0 Å². The van der Waals surface area contributed by atoms with Gasteiger partial charge in [-0.05, 0) is 60.0 Å². The van der Waals surface area contributed by atoms with E-state index in [0.29, 0.717) is 0 Å². The Hall–Kier alpha value is -6.43. The van der Waals surface area contributed by atoms with E-state index in [1.807, 2.05) is 12.1 Å². The van der Waals surface area contributed by atoms with Crippen LogP contribution < -0.4 is 0 Å². The van der Waals surface area contributed by atoms with Gasteiger partial charge in [-0.2, -0.15) is 12.1 Å². The molecule has 0 spiro atoms. The minimum atomic E-state index is 0. The molecule has 52 heavy (non-hydrogen) atoms. The number of para-hydroxylation sites is 9. The molecular weight excluding hydrogens is 822 g/mol. The SMILES string of the molecule is [Pt+2].[c-]1c(-n2c3[c-]c(-n4c5ccccc5n5c6ccccc6nc45)ccc3c3ccccc32)cccc1-n1c2ccccc2n2c3ccccc3nc12. The van der Waals surface area contributed by atoms with Gasteiger partial charge in [0.25, 0.3) is 0 Å². The molecule has 0 atom stereocenters. The molecule has 0 unspecified atom stereocenters. The summed E-state index contributed by atoms with van der Waals surface area (Å²) in [5, 5.41) is 2.29. The van der Waals surface area contributed by atoms with Crippen LogP contribution in [0.15, 0.2) is 152 Å². The van der Waals surface area contributed by atoms with Crippen LogP contribution in [0.4, 0.5) is 0 Å². The van der Waals surface area contributed by atoms with Crippen molar-refractivity contribution in [1.82, 2.24) is 32.5 Å². The van der Waals surface area contributed by atoms with E-state index in [2.05, 4.69) is 174 Å². The number of imidazole rings is 4. The molecule has 0 N–H and O–H groups in total. The number of aromatic nitrogens is 7. The van der Waals surface area contributed by atoms with Crippen molar-refractivity contribution in [3.05, 3.63) is 164 Å². The first kappa shape index (κ1) is 29.3. The van der Waals surface area contributed by atoms with Gasteiger partial charge in [-0.15, -0.1) is 35.7 Å². The van der Waals surface area contributed by atoms with Gasteiger partial charge in [-0.3, -0.25) is 8.80 Å². The maximum Gasteiger partial charge on any atom is 2.00 e. The number of hydrogen-bond acceptors (Lipinski definition) is 2. The number of fused-ring (bicyclic) bond motifs is 13. The van der Waals surface area contributed by atoms with Crippen LogP contribution in [-0.2, 0) is 21.1 Å². The summed E-state index contributed by atoms with van der Waals surface area (Å²) in [7, 11) is 0. The van der Waals surface area contributed by atoms with Crippen LogP contribution in [0, 0.1) is 12.1 Å². The Balaban J connectivity index is 0.00000320. The predicted molar refractivity (Wildman–Crippen MR) is 205 cm³/mol. The third-order valence-corrected chi connectivity index (χ3v) is 10.3. The standard InChI is InChI=1S/C44H25N7.Pt/c1-4-17-35-31(14-1)32-25-24-30(49-39-21-8-10-23-41(39)51-37-19-6-3-16-34(37)46-44(49)51)27-42(32)47(35)28-12-11-13-29(26-28)48-38-20-7-9-22-40(38)50-36-18-5-2-15-33(36)45-43(48)50;/h1-25H;/q-2;+2. The van der Waals surface area contributed by atoms with Crippen molar-refractivity contribution in [2.75, 3.05) is 0 Å². The number of rotatable bonds is 3. The Labute approximate surface area is 310 Å². The fraction of sp³-hybridized carbons (Fsp3) is 0. The van der Waals surface area contributed by atoms with Crippen LogP contribution in [-0.4, -0.2) is 32.5 Å².